The number of fused-ring (bicyclic) bond motifs is 1. The Balaban J connectivity index is 1.74. The van der Waals surface area contributed by atoms with Gasteiger partial charge in [-0.15, -0.1) is 5.10 Å². The van der Waals surface area contributed by atoms with E-state index in [2.05, 4.69) is 33.6 Å². The highest BCUT2D eigenvalue weighted by atomic mass is 35.5. The lowest BCUT2D eigenvalue weighted by atomic mass is 10.2. The van der Waals surface area contributed by atoms with Gasteiger partial charge in [-0.3, -0.25) is 0 Å². The molecule has 4 rings (SSSR count). The Labute approximate surface area is 179 Å². The van der Waals surface area contributed by atoms with Crippen molar-refractivity contribution in [2.75, 3.05) is 5.32 Å². The number of anilines is 2. The molecule has 0 saturated heterocycles. The van der Waals surface area contributed by atoms with Crippen LogP contribution in [0.4, 0.5) is 11.5 Å². The van der Waals surface area contributed by atoms with Gasteiger partial charge >= 0.3 is 0 Å². The Kier molecular flexibility index (Phi) is 5.87. The first-order valence-corrected chi connectivity index (χ1v) is 10.2. The molecule has 0 unspecified atom stereocenters. The fraction of sp³-hybridized carbons (Fsp3) is 0.227. The maximum atomic E-state index is 9.09. The molecule has 30 heavy (non-hydrogen) atoms. The third kappa shape index (κ3) is 4.24. The minimum atomic E-state index is 0.381. The molecule has 0 aliphatic rings. The van der Waals surface area contributed by atoms with Crippen molar-refractivity contribution in [3.63, 3.8) is 0 Å². The summed E-state index contributed by atoms with van der Waals surface area (Å²) in [5, 5.41) is 21.4. The predicted octanol–water partition coefficient (Wildman–Crippen LogP) is 4.88. The lowest BCUT2D eigenvalue weighted by molar-refractivity contribution is 0.661. The van der Waals surface area contributed by atoms with E-state index in [-0.39, 0.29) is 0 Å². The lowest BCUT2D eigenvalue weighted by Crippen LogP contribution is -2.06. The second-order valence-electron chi connectivity index (χ2n) is 6.93. The lowest BCUT2D eigenvalue weighted by Gasteiger charge is -2.09. The van der Waals surface area contributed by atoms with E-state index < -0.39 is 0 Å². The molecule has 7 nitrogen and oxygen atoms in total. The molecule has 0 fully saturated rings. The summed E-state index contributed by atoms with van der Waals surface area (Å²) in [4.78, 5) is 9.41. The Morgan fingerprint density at radius 2 is 1.97 bits per heavy atom. The molecule has 0 aliphatic carbocycles. The van der Waals surface area contributed by atoms with Crippen LogP contribution >= 0.6 is 11.6 Å². The monoisotopic (exact) mass is 417 g/mol. The van der Waals surface area contributed by atoms with E-state index in [0.29, 0.717) is 34.1 Å². The fourth-order valence-electron chi connectivity index (χ4n) is 3.12. The van der Waals surface area contributed by atoms with Gasteiger partial charge in [0.1, 0.15) is 11.9 Å². The molecule has 1 N–H and O–H groups in total. The minimum Gasteiger partial charge on any atom is -0.338 e. The number of hydrogen-bond donors (Lipinski definition) is 1. The third-order valence-corrected chi connectivity index (χ3v) is 5.00. The molecule has 8 heteroatoms. The number of benzene rings is 2. The van der Waals surface area contributed by atoms with Crippen LogP contribution in [0.15, 0.2) is 48.5 Å². The predicted molar refractivity (Wildman–Crippen MR) is 117 cm³/mol. The summed E-state index contributed by atoms with van der Waals surface area (Å²) < 4.78 is 1.79. The van der Waals surface area contributed by atoms with Crippen LogP contribution in [0.3, 0.4) is 0 Å². The highest BCUT2D eigenvalue weighted by molar-refractivity contribution is 6.32. The molecule has 0 spiro atoms. The zero-order valence-corrected chi connectivity index (χ0v) is 17.3. The van der Waals surface area contributed by atoms with Gasteiger partial charge in [-0.2, -0.15) is 5.26 Å². The Hall–Kier alpha value is -3.50. The van der Waals surface area contributed by atoms with Crippen LogP contribution in [0.1, 0.15) is 36.7 Å². The summed E-state index contributed by atoms with van der Waals surface area (Å²) in [7, 11) is 0. The molecule has 2 aromatic carbocycles. The second-order valence-corrected chi connectivity index (χ2v) is 7.34. The van der Waals surface area contributed by atoms with Crippen molar-refractivity contribution in [2.24, 2.45) is 0 Å². The first kappa shape index (κ1) is 19.8. The Morgan fingerprint density at radius 3 is 2.70 bits per heavy atom. The summed E-state index contributed by atoms with van der Waals surface area (Å²) >= 11 is 6.18. The van der Waals surface area contributed by atoms with E-state index in [4.69, 9.17) is 21.8 Å². The van der Waals surface area contributed by atoms with E-state index in [0.717, 1.165) is 36.3 Å². The molecule has 0 aliphatic heterocycles. The smallest absolute Gasteiger partial charge is 0.184 e. The van der Waals surface area contributed by atoms with Gasteiger partial charge in [-0.1, -0.05) is 60.5 Å². The van der Waals surface area contributed by atoms with E-state index in [1.807, 2.05) is 30.3 Å². The van der Waals surface area contributed by atoms with Gasteiger partial charge in [0.25, 0.3) is 0 Å². The number of unbranched alkanes of at least 4 members (excludes halogenated alkanes) is 1. The molecule has 2 heterocycles. The van der Waals surface area contributed by atoms with Crippen LogP contribution in [0.5, 0.6) is 0 Å². The maximum absolute atomic E-state index is 9.09. The van der Waals surface area contributed by atoms with Crippen molar-refractivity contribution >= 4 is 34.3 Å². The highest BCUT2D eigenvalue weighted by Gasteiger charge is 2.16. The summed E-state index contributed by atoms with van der Waals surface area (Å²) in [6.45, 7) is 2.71. The number of aryl methyl sites for hydroxylation is 1. The standard InChI is InChI=1S/C22H20ClN7/c1-2-3-9-19-26-21(25-17-11-10-16(13-24)18(23)12-17)20-22(27-19)30(29-28-20)14-15-7-5-4-6-8-15/h4-8,10-12H,2-3,9,14H2,1H3,(H,25,26,27). The third-order valence-electron chi connectivity index (χ3n) is 4.69. The zero-order valence-electron chi connectivity index (χ0n) is 16.5. The zero-order chi connectivity index (χ0) is 20.9. The molecule has 0 amide bonds. The second kappa shape index (κ2) is 8.89. The van der Waals surface area contributed by atoms with E-state index in [1.165, 1.54) is 0 Å². The number of hydrogen-bond acceptors (Lipinski definition) is 6. The topological polar surface area (TPSA) is 92.3 Å². The summed E-state index contributed by atoms with van der Waals surface area (Å²) in [6.07, 6.45) is 2.82. The summed E-state index contributed by atoms with van der Waals surface area (Å²) in [5.74, 6) is 1.31. The minimum absolute atomic E-state index is 0.381. The van der Waals surface area contributed by atoms with Crippen molar-refractivity contribution in [1.82, 2.24) is 25.0 Å². The van der Waals surface area contributed by atoms with Crippen molar-refractivity contribution in [2.45, 2.75) is 32.7 Å². The van der Waals surface area contributed by atoms with Gasteiger partial charge < -0.3 is 5.32 Å². The first-order chi connectivity index (χ1) is 14.7. The normalized spacial score (nSPS) is 10.8. The molecule has 0 radical (unpaired) electrons. The number of halogens is 1. The van der Waals surface area contributed by atoms with Gasteiger partial charge in [0.05, 0.1) is 17.1 Å². The highest BCUT2D eigenvalue weighted by Crippen LogP contribution is 2.26. The summed E-state index contributed by atoms with van der Waals surface area (Å²) in [5.41, 5.74) is 3.53. The van der Waals surface area contributed by atoms with Gasteiger partial charge in [0.15, 0.2) is 17.0 Å². The van der Waals surface area contributed by atoms with Crippen LogP contribution in [-0.2, 0) is 13.0 Å². The van der Waals surface area contributed by atoms with E-state index in [1.54, 1.807) is 22.9 Å². The average molecular weight is 418 g/mol. The molecule has 0 saturated carbocycles. The van der Waals surface area contributed by atoms with E-state index >= 15 is 0 Å². The Morgan fingerprint density at radius 1 is 1.13 bits per heavy atom. The number of nitriles is 1. The maximum Gasteiger partial charge on any atom is 0.184 e. The van der Waals surface area contributed by atoms with Crippen molar-refractivity contribution in [3.05, 3.63) is 70.5 Å². The fourth-order valence-corrected chi connectivity index (χ4v) is 3.34. The molecule has 4 aromatic rings. The SMILES string of the molecule is CCCCc1nc(Nc2ccc(C#N)c(Cl)c2)c2nnn(Cc3ccccc3)c2n1. The van der Waals surface area contributed by atoms with Gasteiger partial charge in [0, 0.05) is 12.1 Å². The van der Waals surface area contributed by atoms with Crippen LogP contribution in [0.2, 0.25) is 5.02 Å². The molecular weight excluding hydrogens is 398 g/mol. The quantitative estimate of drug-likeness (QED) is 0.460. The Bertz CT molecular complexity index is 1210. The molecule has 0 bridgehead atoms. The average Bonchev–Trinajstić information content (AvgIpc) is 3.16. The van der Waals surface area contributed by atoms with Gasteiger partial charge in [0.2, 0.25) is 0 Å². The van der Waals surface area contributed by atoms with Crippen LogP contribution in [0, 0.1) is 11.3 Å². The number of nitrogens with zero attached hydrogens (tertiary/aromatic N) is 6. The van der Waals surface area contributed by atoms with Crippen LogP contribution < -0.4 is 5.32 Å². The van der Waals surface area contributed by atoms with Crippen LogP contribution in [0.25, 0.3) is 11.2 Å². The molecule has 2 aromatic heterocycles. The largest absolute Gasteiger partial charge is 0.338 e. The van der Waals surface area contributed by atoms with E-state index in [9.17, 15) is 0 Å². The first-order valence-electron chi connectivity index (χ1n) is 9.78. The van der Waals surface area contributed by atoms with Crippen molar-refractivity contribution in [1.29, 1.82) is 5.26 Å². The van der Waals surface area contributed by atoms with Crippen molar-refractivity contribution in [3.8, 4) is 6.07 Å². The summed E-state index contributed by atoms with van der Waals surface area (Å²) in [6, 6.07) is 17.3. The molecule has 0 atom stereocenters. The van der Waals surface area contributed by atoms with Crippen LogP contribution in [-0.4, -0.2) is 25.0 Å². The van der Waals surface area contributed by atoms with Gasteiger partial charge in [-0.05, 0) is 30.2 Å². The van der Waals surface area contributed by atoms with Crippen molar-refractivity contribution < 1.29 is 0 Å². The molecular formula is C22H20ClN7. The molecule has 150 valence electrons. The number of aromatic nitrogens is 5. The number of nitrogens with one attached hydrogen (secondary N) is 1. The van der Waals surface area contributed by atoms with Gasteiger partial charge in [-0.25, -0.2) is 14.6 Å². The number of rotatable bonds is 7.